The van der Waals surface area contributed by atoms with E-state index in [4.69, 9.17) is 0 Å². The van der Waals surface area contributed by atoms with Crippen molar-refractivity contribution in [2.24, 2.45) is 0 Å². The van der Waals surface area contributed by atoms with Crippen molar-refractivity contribution >= 4 is 29.2 Å². The molecular weight excluding hydrogens is 422 g/mol. The molecule has 0 spiro atoms. The number of benzene rings is 2. The average Bonchev–Trinajstić information content (AvgIpc) is 2.93. The van der Waals surface area contributed by atoms with E-state index in [9.17, 15) is 14.4 Å². The minimum absolute atomic E-state index is 0.105. The van der Waals surface area contributed by atoms with Crippen LogP contribution < -0.4 is 16.2 Å². The van der Waals surface area contributed by atoms with Gasteiger partial charge in [-0.2, -0.15) is 0 Å². The molecule has 6 nitrogen and oxygen atoms in total. The molecule has 0 radical (unpaired) electrons. The second-order valence-corrected chi connectivity index (χ2v) is 8.90. The fourth-order valence-electron chi connectivity index (χ4n) is 4.30. The molecule has 0 saturated heterocycles. The molecular formula is C25H25N3O3S. The number of carbonyl (C=O) groups excluding carboxylic acids is 3. The van der Waals surface area contributed by atoms with Crippen LogP contribution in [-0.2, 0) is 20.1 Å². The Morgan fingerprint density at radius 2 is 1.94 bits per heavy atom. The van der Waals surface area contributed by atoms with Gasteiger partial charge in [-0.25, -0.2) is 5.43 Å². The Balaban J connectivity index is 2.07. The van der Waals surface area contributed by atoms with Crippen molar-refractivity contribution in [1.82, 2.24) is 16.2 Å². The number of allylic oxidation sites excluding steroid dienone is 2. The van der Waals surface area contributed by atoms with Crippen molar-refractivity contribution in [1.29, 1.82) is 0 Å². The molecule has 164 valence electrons. The summed E-state index contributed by atoms with van der Waals surface area (Å²) in [6, 6.07) is 14.1. The van der Waals surface area contributed by atoms with Crippen LogP contribution in [0.3, 0.4) is 0 Å². The second-order valence-electron chi connectivity index (χ2n) is 7.88. The summed E-state index contributed by atoms with van der Waals surface area (Å²) in [5, 5.41) is 2.85. The molecule has 0 aliphatic carbocycles. The zero-order chi connectivity index (χ0) is 22.7. The Kier molecular flexibility index (Phi) is 6.58. The maximum Gasteiger partial charge on any atom is 0.249 e. The molecule has 1 atom stereocenters. The van der Waals surface area contributed by atoms with Crippen LogP contribution in [0.4, 0.5) is 0 Å². The summed E-state index contributed by atoms with van der Waals surface area (Å²) in [6.07, 6.45) is 2.74. The summed E-state index contributed by atoms with van der Waals surface area (Å²) >= 11 is 1.72. The maximum atomic E-state index is 13.6. The van der Waals surface area contributed by atoms with Crippen LogP contribution in [0.15, 0.2) is 70.8 Å². The molecule has 0 fully saturated rings. The molecule has 0 bridgehead atoms. The lowest BCUT2D eigenvalue weighted by Gasteiger charge is -2.27. The summed E-state index contributed by atoms with van der Waals surface area (Å²) in [5.74, 6) is -0.583. The van der Waals surface area contributed by atoms with E-state index in [1.54, 1.807) is 11.8 Å². The third-order valence-electron chi connectivity index (χ3n) is 5.66. The summed E-state index contributed by atoms with van der Waals surface area (Å²) in [7, 11) is 0. The van der Waals surface area contributed by atoms with Gasteiger partial charge >= 0.3 is 0 Å². The quantitative estimate of drug-likeness (QED) is 0.670. The van der Waals surface area contributed by atoms with Gasteiger partial charge in [-0.1, -0.05) is 36.4 Å². The lowest BCUT2D eigenvalue weighted by molar-refractivity contribution is -0.119. The predicted octanol–water partition coefficient (Wildman–Crippen LogP) is 3.27. The topological polar surface area (TPSA) is 87.3 Å². The molecule has 1 unspecified atom stereocenters. The minimum atomic E-state index is -0.462. The lowest BCUT2D eigenvalue weighted by atomic mass is 9.77. The fourth-order valence-corrected chi connectivity index (χ4v) is 5.39. The van der Waals surface area contributed by atoms with Crippen LogP contribution in [-0.4, -0.2) is 24.1 Å². The number of carbonyl (C=O) groups is 3. The highest BCUT2D eigenvalue weighted by Crippen LogP contribution is 2.46. The first kappa shape index (κ1) is 22.0. The average molecular weight is 448 g/mol. The number of aryl methyl sites for hydroxylation is 1. The predicted molar refractivity (Wildman–Crippen MR) is 125 cm³/mol. The van der Waals surface area contributed by atoms with Crippen molar-refractivity contribution in [2.45, 2.75) is 36.8 Å². The maximum absolute atomic E-state index is 13.6. The summed E-state index contributed by atoms with van der Waals surface area (Å²) in [5.41, 5.74) is 10.3. The molecule has 2 aliphatic rings. The molecule has 0 aromatic heterocycles. The van der Waals surface area contributed by atoms with E-state index in [1.807, 2.05) is 43.3 Å². The monoisotopic (exact) mass is 447 g/mol. The van der Waals surface area contributed by atoms with Crippen LogP contribution in [0.25, 0.3) is 0 Å². The van der Waals surface area contributed by atoms with Gasteiger partial charge < -0.3 is 10.7 Å². The molecule has 2 heterocycles. The lowest BCUT2D eigenvalue weighted by Crippen LogP contribution is -2.42. The van der Waals surface area contributed by atoms with Crippen molar-refractivity contribution in [2.75, 3.05) is 6.67 Å². The Hall–Kier alpha value is -3.16. The van der Waals surface area contributed by atoms with E-state index >= 15 is 0 Å². The Labute approximate surface area is 191 Å². The van der Waals surface area contributed by atoms with E-state index in [2.05, 4.69) is 22.2 Å². The number of ketones is 2. The number of amides is 1. The largest absolute Gasteiger partial charge is 0.338 e. The molecule has 3 N–H and O–H groups in total. The van der Waals surface area contributed by atoms with Gasteiger partial charge in [0.05, 0.1) is 6.67 Å². The van der Waals surface area contributed by atoms with Crippen molar-refractivity contribution in [3.63, 3.8) is 0 Å². The molecule has 4 rings (SSSR count). The van der Waals surface area contributed by atoms with Crippen molar-refractivity contribution in [3.8, 4) is 0 Å². The van der Waals surface area contributed by atoms with Crippen molar-refractivity contribution < 1.29 is 14.4 Å². The van der Waals surface area contributed by atoms with Crippen LogP contribution >= 0.6 is 11.8 Å². The molecule has 1 amide bonds. The third kappa shape index (κ3) is 4.40. The summed E-state index contributed by atoms with van der Waals surface area (Å²) in [6.45, 7) is 3.63. The molecule has 32 heavy (non-hydrogen) atoms. The first-order valence-corrected chi connectivity index (χ1v) is 11.5. The molecule has 7 heteroatoms. The summed E-state index contributed by atoms with van der Waals surface area (Å²) in [4.78, 5) is 40.1. The number of thioether (sulfide) groups is 1. The number of hydrogen-bond acceptors (Lipinski definition) is 6. The van der Waals surface area contributed by atoms with E-state index in [0.29, 0.717) is 5.57 Å². The van der Waals surface area contributed by atoms with Crippen LogP contribution in [0, 0.1) is 6.92 Å². The molecule has 0 saturated carbocycles. The number of hydrogen-bond donors (Lipinski definition) is 3. The smallest absolute Gasteiger partial charge is 0.249 e. The Bertz CT molecular complexity index is 1150. The highest BCUT2D eigenvalue weighted by atomic mass is 32.2. The number of Topliss-reactive ketones (excluding diaryl/α,β-unsaturated/α-hetero) is 1. The van der Waals surface area contributed by atoms with Gasteiger partial charge in [-0.15, -0.1) is 11.8 Å². The normalized spacial score (nSPS) is 22.0. The SMILES string of the molecule is CC(=O)C/C1=C(/C2c3ccccc3SCc3cccc(C)c32)C(=O)NCNN/C=C\C1=O. The van der Waals surface area contributed by atoms with Gasteiger partial charge in [-0.3, -0.25) is 14.4 Å². The van der Waals surface area contributed by atoms with Gasteiger partial charge in [0.25, 0.3) is 0 Å². The number of fused-ring (bicyclic) bond motifs is 2. The second kappa shape index (κ2) is 9.54. The third-order valence-corrected chi connectivity index (χ3v) is 6.79. The molecule has 2 aliphatic heterocycles. The first-order valence-electron chi connectivity index (χ1n) is 10.5. The van der Waals surface area contributed by atoms with E-state index in [1.165, 1.54) is 19.2 Å². The Morgan fingerprint density at radius 3 is 2.75 bits per heavy atom. The van der Waals surface area contributed by atoms with E-state index in [0.717, 1.165) is 32.9 Å². The number of hydrazine groups is 1. The zero-order valence-corrected chi connectivity index (χ0v) is 18.8. The van der Waals surface area contributed by atoms with Crippen molar-refractivity contribution in [3.05, 3.63) is 88.1 Å². The van der Waals surface area contributed by atoms with Crippen LogP contribution in [0.2, 0.25) is 0 Å². The number of nitrogens with one attached hydrogen (secondary N) is 3. The van der Waals surface area contributed by atoms with Crippen LogP contribution in [0.1, 0.15) is 41.5 Å². The van der Waals surface area contributed by atoms with Gasteiger partial charge in [0.15, 0.2) is 5.78 Å². The van der Waals surface area contributed by atoms with Crippen LogP contribution in [0.5, 0.6) is 0 Å². The molecule has 2 aromatic rings. The van der Waals surface area contributed by atoms with Gasteiger partial charge in [0.2, 0.25) is 5.91 Å². The first-order chi connectivity index (χ1) is 15.5. The minimum Gasteiger partial charge on any atom is -0.338 e. The van der Waals surface area contributed by atoms with Gasteiger partial charge in [-0.05, 0) is 42.2 Å². The van der Waals surface area contributed by atoms with E-state index in [-0.39, 0.29) is 36.1 Å². The van der Waals surface area contributed by atoms with Gasteiger partial charge in [0, 0.05) is 46.4 Å². The zero-order valence-electron chi connectivity index (χ0n) is 18.0. The summed E-state index contributed by atoms with van der Waals surface area (Å²) < 4.78 is 0. The molecule has 2 aromatic carbocycles. The number of rotatable bonds is 3. The Morgan fingerprint density at radius 1 is 1.12 bits per heavy atom. The highest BCUT2D eigenvalue weighted by molar-refractivity contribution is 7.98. The standard InChI is InChI=1S/C25H25N3O3S/c1-15-6-5-7-17-13-32-21-9-4-3-8-18(21)23(22(15)17)24-19(12-16(2)29)20(30)10-11-27-28-14-26-25(24)31/h3-11,23,27-28H,12-14H2,1-2H3,(H,26,31)/b11-10-,24-19+. The fraction of sp³-hybridized carbons (Fsp3) is 0.240. The van der Waals surface area contributed by atoms with E-state index < -0.39 is 5.92 Å². The highest BCUT2D eigenvalue weighted by Gasteiger charge is 2.35. The van der Waals surface area contributed by atoms with Gasteiger partial charge in [0.1, 0.15) is 5.78 Å².